The highest BCUT2D eigenvalue weighted by Crippen LogP contribution is 2.04. The molecule has 0 radical (unpaired) electrons. The number of aliphatic hydroxyl groups excluding tert-OH is 1. The molecule has 0 bridgehead atoms. The van der Waals surface area contributed by atoms with Crippen LogP contribution in [0.5, 0.6) is 0 Å². The largest absolute Gasteiger partial charge is 0.396 e. The summed E-state index contributed by atoms with van der Waals surface area (Å²) < 4.78 is 2.03. The van der Waals surface area contributed by atoms with E-state index in [9.17, 15) is 0 Å². The minimum absolute atomic E-state index is 0.276. The fourth-order valence-electron chi connectivity index (χ4n) is 1.79. The Labute approximate surface area is 97.7 Å². The van der Waals surface area contributed by atoms with Gasteiger partial charge in [-0.05, 0) is 39.7 Å². The lowest BCUT2D eigenvalue weighted by molar-refractivity contribution is 0.276. The first-order valence-corrected chi connectivity index (χ1v) is 6.05. The van der Waals surface area contributed by atoms with Crippen LogP contribution in [-0.2, 0) is 13.1 Å². The van der Waals surface area contributed by atoms with Gasteiger partial charge in [0.15, 0.2) is 0 Å². The van der Waals surface area contributed by atoms with Crippen molar-refractivity contribution >= 4 is 0 Å². The number of rotatable bonds is 7. The van der Waals surface area contributed by atoms with E-state index >= 15 is 0 Å². The number of aryl methyl sites for hydroxylation is 2. The van der Waals surface area contributed by atoms with Crippen LogP contribution in [0, 0.1) is 6.92 Å². The summed E-state index contributed by atoms with van der Waals surface area (Å²) in [6, 6.07) is 2.56. The van der Waals surface area contributed by atoms with E-state index in [1.807, 2.05) is 11.6 Å². The first-order valence-electron chi connectivity index (χ1n) is 6.05. The Morgan fingerprint density at radius 1 is 1.56 bits per heavy atom. The monoisotopic (exact) mass is 225 g/mol. The molecule has 1 unspecified atom stereocenters. The van der Waals surface area contributed by atoms with E-state index in [1.54, 1.807) is 0 Å². The van der Waals surface area contributed by atoms with Crippen LogP contribution < -0.4 is 5.32 Å². The zero-order valence-corrected chi connectivity index (χ0v) is 10.5. The number of aromatic nitrogens is 2. The van der Waals surface area contributed by atoms with Crippen LogP contribution >= 0.6 is 0 Å². The van der Waals surface area contributed by atoms with Gasteiger partial charge in [-0.1, -0.05) is 0 Å². The number of aliphatic hydroxyl groups is 1. The Morgan fingerprint density at radius 3 is 2.94 bits per heavy atom. The van der Waals surface area contributed by atoms with Crippen molar-refractivity contribution in [3.8, 4) is 0 Å². The van der Waals surface area contributed by atoms with Crippen molar-refractivity contribution in [3.63, 3.8) is 0 Å². The minimum atomic E-state index is 0.276. The zero-order valence-electron chi connectivity index (χ0n) is 10.5. The topological polar surface area (TPSA) is 50.1 Å². The highest BCUT2D eigenvalue weighted by atomic mass is 16.2. The van der Waals surface area contributed by atoms with E-state index in [0.29, 0.717) is 6.04 Å². The summed E-state index contributed by atoms with van der Waals surface area (Å²) in [5, 5.41) is 16.6. The lowest BCUT2D eigenvalue weighted by Gasteiger charge is -2.13. The third-order valence-electron chi connectivity index (χ3n) is 2.71. The number of nitrogens with one attached hydrogen (secondary N) is 1. The molecule has 0 aliphatic heterocycles. The minimum Gasteiger partial charge on any atom is -0.396 e. The van der Waals surface area contributed by atoms with Gasteiger partial charge in [0.1, 0.15) is 0 Å². The van der Waals surface area contributed by atoms with E-state index in [4.69, 9.17) is 5.11 Å². The van der Waals surface area contributed by atoms with Gasteiger partial charge < -0.3 is 10.4 Å². The molecule has 1 heterocycles. The van der Waals surface area contributed by atoms with E-state index in [2.05, 4.69) is 30.3 Å². The van der Waals surface area contributed by atoms with Crippen LogP contribution in [0.1, 0.15) is 38.1 Å². The molecule has 0 saturated carbocycles. The SMILES string of the molecule is CCn1nc(C)cc1CNC(C)CCCO. The maximum atomic E-state index is 8.74. The average Bonchev–Trinajstić information content (AvgIpc) is 2.64. The predicted octanol–water partition coefficient (Wildman–Crippen LogP) is 1.46. The standard InChI is InChI=1S/C12H23N3O/c1-4-15-12(8-11(3)14-15)9-13-10(2)6-5-7-16/h8,10,13,16H,4-7,9H2,1-3H3. The molecule has 0 spiro atoms. The van der Waals surface area contributed by atoms with E-state index in [0.717, 1.165) is 31.6 Å². The molecule has 0 fully saturated rings. The van der Waals surface area contributed by atoms with Gasteiger partial charge >= 0.3 is 0 Å². The lowest BCUT2D eigenvalue weighted by Crippen LogP contribution is -2.26. The molecule has 1 atom stereocenters. The molecule has 0 aliphatic carbocycles. The molecule has 0 amide bonds. The molecule has 4 heteroatoms. The smallest absolute Gasteiger partial charge is 0.0597 e. The number of hydrogen-bond acceptors (Lipinski definition) is 3. The highest BCUT2D eigenvalue weighted by Gasteiger charge is 2.06. The van der Waals surface area contributed by atoms with Crippen LogP contribution in [0.3, 0.4) is 0 Å². The number of nitrogens with zero attached hydrogens (tertiary/aromatic N) is 2. The molecule has 0 aliphatic rings. The van der Waals surface area contributed by atoms with E-state index in [1.165, 1.54) is 5.69 Å². The lowest BCUT2D eigenvalue weighted by atomic mass is 10.2. The molecular formula is C12H23N3O. The third kappa shape index (κ3) is 3.94. The first-order chi connectivity index (χ1) is 7.67. The van der Waals surface area contributed by atoms with Crippen molar-refractivity contribution in [2.75, 3.05) is 6.61 Å². The molecule has 16 heavy (non-hydrogen) atoms. The van der Waals surface area contributed by atoms with Crippen molar-refractivity contribution in [2.24, 2.45) is 0 Å². The van der Waals surface area contributed by atoms with Gasteiger partial charge in [-0.3, -0.25) is 4.68 Å². The molecule has 1 aromatic rings. The number of hydrogen-bond donors (Lipinski definition) is 2. The van der Waals surface area contributed by atoms with Gasteiger partial charge in [0, 0.05) is 25.7 Å². The summed E-state index contributed by atoms with van der Waals surface area (Å²) in [5.41, 5.74) is 2.30. The second-order valence-electron chi connectivity index (χ2n) is 4.24. The normalized spacial score (nSPS) is 13.0. The Bertz CT molecular complexity index is 309. The molecular weight excluding hydrogens is 202 g/mol. The molecule has 4 nitrogen and oxygen atoms in total. The maximum Gasteiger partial charge on any atom is 0.0597 e. The van der Waals surface area contributed by atoms with Gasteiger partial charge in [-0.25, -0.2) is 0 Å². The third-order valence-corrected chi connectivity index (χ3v) is 2.71. The van der Waals surface area contributed by atoms with Crippen LogP contribution in [0.4, 0.5) is 0 Å². The second kappa shape index (κ2) is 6.66. The van der Waals surface area contributed by atoms with E-state index in [-0.39, 0.29) is 6.61 Å². The molecule has 1 aromatic heterocycles. The predicted molar refractivity (Wildman–Crippen MR) is 65.3 cm³/mol. The van der Waals surface area contributed by atoms with Gasteiger partial charge in [0.25, 0.3) is 0 Å². The summed E-state index contributed by atoms with van der Waals surface area (Å²) in [6.45, 7) is 8.31. The van der Waals surface area contributed by atoms with Crippen molar-refractivity contribution in [1.82, 2.24) is 15.1 Å². The van der Waals surface area contributed by atoms with Crippen molar-refractivity contribution in [1.29, 1.82) is 0 Å². The van der Waals surface area contributed by atoms with Crippen LogP contribution in [0.25, 0.3) is 0 Å². The van der Waals surface area contributed by atoms with Crippen LogP contribution in [0.2, 0.25) is 0 Å². The van der Waals surface area contributed by atoms with Gasteiger partial charge in [-0.2, -0.15) is 5.10 Å². The molecule has 0 saturated heterocycles. The maximum absolute atomic E-state index is 8.74. The zero-order chi connectivity index (χ0) is 12.0. The summed E-state index contributed by atoms with van der Waals surface area (Å²) in [7, 11) is 0. The van der Waals surface area contributed by atoms with Gasteiger partial charge in [0.05, 0.1) is 11.4 Å². The average molecular weight is 225 g/mol. The van der Waals surface area contributed by atoms with Gasteiger partial charge in [-0.15, -0.1) is 0 Å². The molecule has 1 rings (SSSR count). The molecule has 92 valence electrons. The highest BCUT2D eigenvalue weighted by molar-refractivity contribution is 5.08. The van der Waals surface area contributed by atoms with Crippen molar-refractivity contribution < 1.29 is 5.11 Å². The summed E-state index contributed by atoms with van der Waals surface area (Å²) in [6.07, 6.45) is 1.87. The molecule has 0 aromatic carbocycles. The Kier molecular flexibility index (Phi) is 5.49. The Morgan fingerprint density at radius 2 is 2.31 bits per heavy atom. The van der Waals surface area contributed by atoms with E-state index < -0.39 is 0 Å². The second-order valence-corrected chi connectivity index (χ2v) is 4.24. The summed E-state index contributed by atoms with van der Waals surface area (Å²) in [4.78, 5) is 0. The Balaban J connectivity index is 2.41. The van der Waals surface area contributed by atoms with Crippen LogP contribution in [-0.4, -0.2) is 27.5 Å². The van der Waals surface area contributed by atoms with Crippen molar-refractivity contribution in [3.05, 3.63) is 17.5 Å². The summed E-state index contributed by atoms with van der Waals surface area (Å²) >= 11 is 0. The molecule has 2 N–H and O–H groups in total. The van der Waals surface area contributed by atoms with Gasteiger partial charge in [0.2, 0.25) is 0 Å². The summed E-state index contributed by atoms with van der Waals surface area (Å²) in [5.74, 6) is 0. The van der Waals surface area contributed by atoms with Crippen LogP contribution in [0.15, 0.2) is 6.07 Å². The fourth-order valence-corrected chi connectivity index (χ4v) is 1.79. The Hall–Kier alpha value is -0.870. The fraction of sp³-hybridized carbons (Fsp3) is 0.750. The first kappa shape index (κ1) is 13.2. The quantitative estimate of drug-likeness (QED) is 0.738. The van der Waals surface area contributed by atoms with Crippen molar-refractivity contribution in [2.45, 2.75) is 52.7 Å².